The molecule has 2 nitrogen and oxygen atoms in total. The van der Waals surface area contributed by atoms with E-state index >= 15 is 0 Å². The first-order chi connectivity index (χ1) is 7.47. The number of hydrogen-bond donors (Lipinski definition) is 0. The van der Waals surface area contributed by atoms with Gasteiger partial charge in [0.1, 0.15) is 17.7 Å². The molecule has 0 aliphatic carbocycles. The topological polar surface area (TPSA) is 47.6 Å². The highest BCUT2D eigenvalue weighted by Crippen LogP contribution is 2.23. The number of allylic oxidation sites excluding steroid dienone is 1. The molecular formula is C14H14N2. The fourth-order valence-electron chi connectivity index (χ4n) is 1.35. The van der Waals surface area contributed by atoms with Gasteiger partial charge in [-0.05, 0) is 22.6 Å². The summed E-state index contributed by atoms with van der Waals surface area (Å²) in [6.07, 6.45) is 1.61. The predicted molar refractivity (Wildman–Crippen MR) is 64.3 cm³/mol. The lowest BCUT2D eigenvalue weighted by molar-refractivity contribution is 0.590. The highest BCUT2D eigenvalue weighted by atomic mass is 14.3. The highest BCUT2D eigenvalue weighted by molar-refractivity contribution is 5.62. The van der Waals surface area contributed by atoms with E-state index in [1.165, 1.54) is 5.56 Å². The van der Waals surface area contributed by atoms with Gasteiger partial charge in [-0.1, -0.05) is 45.0 Å². The molecule has 0 heterocycles. The molecular weight excluding hydrogens is 196 g/mol. The summed E-state index contributed by atoms with van der Waals surface area (Å²) >= 11 is 0. The van der Waals surface area contributed by atoms with Gasteiger partial charge in [-0.2, -0.15) is 10.5 Å². The first kappa shape index (κ1) is 12.0. The minimum absolute atomic E-state index is 0.0727. The lowest BCUT2D eigenvalue weighted by Crippen LogP contribution is -2.10. The Bertz CT molecular complexity index is 475. The molecule has 80 valence electrons. The maximum atomic E-state index is 8.68. The molecule has 0 saturated heterocycles. The van der Waals surface area contributed by atoms with Crippen LogP contribution in [-0.4, -0.2) is 0 Å². The molecule has 0 bridgehead atoms. The van der Waals surface area contributed by atoms with Gasteiger partial charge in [-0.15, -0.1) is 0 Å². The minimum Gasteiger partial charge on any atom is -0.192 e. The van der Waals surface area contributed by atoms with E-state index in [1.807, 2.05) is 30.3 Å². The van der Waals surface area contributed by atoms with Crippen LogP contribution in [0, 0.1) is 22.7 Å². The minimum atomic E-state index is 0.0727. The van der Waals surface area contributed by atoms with E-state index in [9.17, 15) is 0 Å². The van der Waals surface area contributed by atoms with E-state index in [4.69, 9.17) is 10.5 Å². The third-order valence-corrected chi connectivity index (χ3v) is 2.30. The monoisotopic (exact) mass is 210 g/mol. The summed E-state index contributed by atoms with van der Waals surface area (Å²) in [5, 5.41) is 17.4. The second-order valence-electron chi connectivity index (χ2n) is 4.66. The van der Waals surface area contributed by atoms with Gasteiger partial charge in [-0.3, -0.25) is 0 Å². The van der Waals surface area contributed by atoms with E-state index in [-0.39, 0.29) is 11.0 Å². The fraction of sp³-hybridized carbons (Fsp3) is 0.286. The van der Waals surface area contributed by atoms with Crippen molar-refractivity contribution in [3.05, 3.63) is 41.0 Å². The standard InChI is InChI=1S/C14H14N2/c1-14(2,3)13-6-4-5-11(8-13)7-12(9-15)10-16/h4-8H,1-3H3. The SMILES string of the molecule is CC(C)(C)c1cccc(C=C(C#N)C#N)c1. The summed E-state index contributed by atoms with van der Waals surface area (Å²) < 4.78 is 0. The van der Waals surface area contributed by atoms with Crippen LogP contribution in [0.15, 0.2) is 29.8 Å². The van der Waals surface area contributed by atoms with E-state index < -0.39 is 0 Å². The molecule has 0 saturated carbocycles. The first-order valence-corrected chi connectivity index (χ1v) is 5.10. The zero-order valence-electron chi connectivity index (χ0n) is 9.78. The molecule has 1 aromatic rings. The van der Waals surface area contributed by atoms with Crippen molar-refractivity contribution in [3.63, 3.8) is 0 Å². The molecule has 0 fully saturated rings. The first-order valence-electron chi connectivity index (χ1n) is 5.10. The molecule has 0 atom stereocenters. The van der Waals surface area contributed by atoms with Crippen LogP contribution in [0.3, 0.4) is 0 Å². The van der Waals surface area contributed by atoms with E-state index in [0.29, 0.717) is 0 Å². The van der Waals surface area contributed by atoms with Crippen molar-refractivity contribution in [2.24, 2.45) is 0 Å². The Hall–Kier alpha value is -2.06. The Morgan fingerprint density at radius 2 is 1.81 bits per heavy atom. The average molecular weight is 210 g/mol. The van der Waals surface area contributed by atoms with Crippen LogP contribution < -0.4 is 0 Å². The van der Waals surface area contributed by atoms with E-state index in [1.54, 1.807) is 6.08 Å². The van der Waals surface area contributed by atoms with Crippen molar-refractivity contribution in [3.8, 4) is 12.1 Å². The maximum Gasteiger partial charge on any atom is 0.130 e. The Kier molecular flexibility index (Phi) is 3.48. The third kappa shape index (κ3) is 2.97. The van der Waals surface area contributed by atoms with Gasteiger partial charge < -0.3 is 0 Å². The summed E-state index contributed by atoms with van der Waals surface area (Å²) in [5.74, 6) is 0. The van der Waals surface area contributed by atoms with Gasteiger partial charge in [0.2, 0.25) is 0 Å². The Labute approximate surface area is 96.4 Å². The molecule has 1 aromatic carbocycles. The summed E-state index contributed by atoms with van der Waals surface area (Å²) in [6, 6.07) is 11.6. The van der Waals surface area contributed by atoms with Crippen LogP contribution in [-0.2, 0) is 5.41 Å². The smallest absolute Gasteiger partial charge is 0.130 e. The number of benzene rings is 1. The van der Waals surface area contributed by atoms with Crippen molar-refractivity contribution < 1.29 is 0 Å². The Morgan fingerprint density at radius 1 is 1.19 bits per heavy atom. The van der Waals surface area contributed by atoms with Gasteiger partial charge in [0.05, 0.1) is 0 Å². The number of nitrogens with zero attached hydrogens (tertiary/aromatic N) is 2. The third-order valence-electron chi connectivity index (χ3n) is 2.30. The van der Waals surface area contributed by atoms with Gasteiger partial charge in [0, 0.05) is 0 Å². The zero-order valence-corrected chi connectivity index (χ0v) is 9.78. The Balaban J connectivity index is 3.16. The zero-order chi connectivity index (χ0) is 12.2. The largest absolute Gasteiger partial charge is 0.192 e. The summed E-state index contributed by atoms with van der Waals surface area (Å²) in [7, 11) is 0. The lowest BCUT2D eigenvalue weighted by atomic mass is 9.86. The molecule has 0 aromatic heterocycles. The second kappa shape index (κ2) is 4.64. The lowest BCUT2D eigenvalue weighted by Gasteiger charge is -2.19. The van der Waals surface area contributed by atoms with Crippen molar-refractivity contribution in [2.45, 2.75) is 26.2 Å². The predicted octanol–water partition coefficient (Wildman–Crippen LogP) is 3.41. The fourth-order valence-corrected chi connectivity index (χ4v) is 1.35. The van der Waals surface area contributed by atoms with Crippen molar-refractivity contribution in [2.75, 3.05) is 0 Å². The molecule has 16 heavy (non-hydrogen) atoms. The van der Waals surface area contributed by atoms with Crippen molar-refractivity contribution >= 4 is 6.08 Å². The molecule has 0 radical (unpaired) electrons. The van der Waals surface area contributed by atoms with Gasteiger partial charge in [0.25, 0.3) is 0 Å². The van der Waals surface area contributed by atoms with Gasteiger partial charge in [0.15, 0.2) is 0 Å². The van der Waals surface area contributed by atoms with Crippen molar-refractivity contribution in [1.29, 1.82) is 10.5 Å². The van der Waals surface area contributed by atoms with E-state index in [0.717, 1.165) is 5.56 Å². The van der Waals surface area contributed by atoms with Gasteiger partial charge in [-0.25, -0.2) is 0 Å². The van der Waals surface area contributed by atoms with Crippen LogP contribution in [0.5, 0.6) is 0 Å². The van der Waals surface area contributed by atoms with E-state index in [2.05, 4.69) is 26.8 Å². The molecule has 0 N–H and O–H groups in total. The molecule has 0 unspecified atom stereocenters. The van der Waals surface area contributed by atoms with Gasteiger partial charge >= 0.3 is 0 Å². The van der Waals surface area contributed by atoms with Crippen LogP contribution in [0.25, 0.3) is 6.08 Å². The van der Waals surface area contributed by atoms with Crippen molar-refractivity contribution in [1.82, 2.24) is 0 Å². The van der Waals surface area contributed by atoms with Crippen LogP contribution >= 0.6 is 0 Å². The van der Waals surface area contributed by atoms with Crippen LogP contribution in [0.4, 0.5) is 0 Å². The molecule has 2 heteroatoms. The molecule has 0 aliphatic rings. The summed E-state index contributed by atoms with van der Waals surface area (Å²) in [5.41, 5.74) is 2.29. The maximum absolute atomic E-state index is 8.68. The van der Waals surface area contributed by atoms with Crippen LogP contribution in [0.2, 0.25) is 0 Å². The molecule has 0 amide bonds. The molecule has 1 rings (SSSR count). The quantitative estimate of drug-likeness (QED) is 0.667. The Morgan fingerprint density at radius 3 is 2.31 bits per heavy atom. The highest BCUT2D eigenvalue weighted by Gasteiger charge is 2.13. The number of nitriles is 2. The van der Waals surface area contributed by atoms with Crippen LogP contribution in [0.1, 0.15) is 31.9 Å². The molecule has 0 aliphatic heterocycles. The number of rotatable bonds is 1. The summed E-state index contributed by atoms with van der Waals surface area (Å²) in [4.78, 5) is 0. The number of hydrogen-bond acceptors (Lipinski definition) is 2. The average Bonchev–Trinajstić information content (AvgIpc) is 2.25. The second-order valence-corrected chi connectivity index (χ2v) is 4.66. The normalized spacial score (nSPS) is 10.1. The summed E-state index contributed by atoms with van der Waals surface area (Å²) in [6.45, 7) is 6.39. The molecule has 0 spiro atoms.